The molecule has 38 valence electrons. The minimum atomic E-state index is -2.31. The van der Waals surface area contributed by atoms with E-state index in [2.05, 4.69) is 20.9 Å². The van der Waals surface area contributed by atoms with Gasteiger partial charge in [-0.05, 0) is 20.5 Å². The van der Waals surface area contributed by atoms with Gasteiger partial charge in [-0.3, -0.25) is 0 Å². The van der Waals surface area contributed by atoms with Crippen molar-refractivity contribution in [2.75, 3.05) is 0 Å². The first-order chi connectivity index (χ1) is 2.56. The second-order valence-electron chi connectivity index (χ2n) is 0.885. The third-order valence-corrected chi connectivity index (χ3v) is 0.258. The van der Waals surface area contributed by atoms with Crippen molar-refractivity contribution in [1.82, 2.24) is 0 Å². The normalized spacial score (nSPS) is 20.0. The highest BCUT2D eigenvalue weighted by atomic mass is 79.9. The molecule has 1 atom stereocenters. The van der Waals surface area contributed by atoms with E-state index in [0.29, 0.717) is 0 Å². The van der Waals surface area contributed by atoms with Crippen molar-refractivity contribution < 1.29 is 13.9 Å². The van der Waals surface area contributed by atoms with Crippen molar-refractivity contribution >= 4 is 15.9 Å². The van der Waals surface area contributed by atoms with Crippen molar-refractivity contribution in [3.05, 3.63) is 0 Å². The third-order valence-electron chi connectivity index (χ3n) is 0.135. The van der Waals surface area contributed by atoms with Gasteiger partial charge in [-0.2, -0.15) is 4.39 Å². The van der Waals surface area contributed by atoms with Gasteiger partial charge in [-0.1, -0.05) is 0 Å². The number of halogens is 3. The summed E-state index contributed by atoms with van der Waals surface area (Å²) in [5.41, 5.74) is 0. The molecule has 6 heavy (non-hydrogen) atoms. The van der Waals surface area contributed by atoms with Crippen LogP contribution >= 0.6 is 15.9 Å². The average Bonchev–Trinajstić information content (AvgIpc) is 1.35. The summed E-state index contributed by atoms with van der Waals surface area (Å²) in [6, 6.07) is 0. The zero-order valence-corrected chi connectivity index (χ0v) is 4.63. The predicted octanol–water partition coefficient (Wildman–Crippen LogP) is 1.93. The molecule has 0 spiro atoms. The lowest BCUT2D eigenvalue weighted by Crippen LogP contribution is -2.05. The Kier molecular flexibility index (Phi) is 1.93. The fourth-order valence-corrected chi connectivity index (χ4v) is 0. The van der Waals surface area contributed by atoms with Crippen LogP contribution in [-0.4, -0.2) is 4.76 Å². The summed E-state index contributed by atoms with van der Waals surface area (Å²) < 4.78 is 19.7. The number of alkyl halides is 2. The van der Waals surface area contributed by atoms with Crippen LogP contribution in [0.2, 0.25) is 0 Å². The van der Waals surface area contributed by atoms with Crippen LogP contribution in [0, 0.1) is 0 Å². The van der Waals surface area contributed by atoms with Crippen molar-refractivity contribution in [2.45, 2.75) is 11.7 Å². The van der Waals surface area contributed by atoms with E-state index in [1.807, 2.05) is 0 Å². The molecule has 1 nitrogen and oxygen atoms in total. The van der Waals surface area contributed by atoms with Crippen LogP contribution in [0.25, 0.3) is 0 Å². The molecule has 0 aliphatic rings. The summed E-state index contributed by atoms with van der Waals surface area (Å²) in [6.07, 6.45) is 0. The summed E-state index contributed by atoms with van der Waals surface area (Å²) in [6.45, 7) is 0.896. The van der Waals surface area contributed by atoms with E-state index < -0.39 is 4.76 Å². The molecule has 0 N–H and O–H groups in total. The topological polar surface area (TPSA) is 9.23 Å². The van der Waals surface area contributed by atoms with Crippen LogP contribution in [0.3, 0.4) is 0 Å². The van der Waals surface area contributed by atoms with Crippen LogP contribution in [-0.2, 0) is 4.94 Å². The first kappa shape index (κ1) is 6.30. The van der Waals surface area contributed by atoms with Gasteiger partial charge < -0.3 is 0 Å². The molecule has 0 saturated carbocycles. The molecular formula is C2H3BrF2O. The van der Waals surface area contributed by atoms with Gasteiger partial charge in [0, 0.05) is 6.92 Å². The second-order valence-corrected chi connectivity index (χ2v) is 2.30. The molecule has 0 heterocycles. The van der Waals surface area contributed by atoms with Gasteiger partial charge in [0.1, 0.15) is 0 Å². The molecule has 0 radical (unpaired) electrons. The molecular weight excluding hydrogens is 158 g/mol. The van der Waals surface area contributed by atoms with Crippen molar-refractivity contribution in [3.63, 3.8) is 0 Å². The Morgan fingerprint density at radius 2 is 2.00 bits per heavy atom. The molecule has 0 amide bonds. The van der Waals surface area contributed by atoms with Crippen LogP contribution < -0.4 is 0 Å². The Hall–Kier alpha value is 0.300. The minimum absolute atomic E-state index is 0.896. The van der Waals surface area contributed by atoms with Crippen LogP contribution in [0.5, 0.6) is 0 Å². The predicted molar refractivity (Wildman–Crippen MR) is 20.6 cm³/mol. The quantitative estimate of drug-likeness (QED) is 0.533. The van der Waals surface area contributed by atoms with Crippen LogP contribution in [0.4, 0.5) is 8.92 Å². The van der Waals surface area contributed by atoms with Gasteiger partial charge in [0.05, 0.1) is 0 Å². The average molecular weight is 161 g/mol. The largest absolute Gasteiger partial charge is 0.296 e. The van der Waals surface area contributed by atoms with Gasteiger partial charge in [0.25, 0.3) is 4.76 Å². The standard InChI is InChI=1S/C2H3BrF2O/c1-2(3,4)6-5/h1H3. The molecule has 0 bridgehead atoms. The fraction of sp³-hybridized carbons (Fsp3) is 1.00. The number of rotatable bonds is 1. The van der Waals surface area contributed by atoms with E-state index >= 15 is 0 Å². The van der Waals surface area contributed by atoms with Crippen LogP contribution in [0.15, 0.2) is 0 Å². The molecule has 0 rings (SSSR count). The summed E-state index contributed by atoms with van der Waals surface area (Å²) in [5.74, 6) is 0. The highest BCUT2D eigenvalue weighted by Crippen LogP contribution is 2.19. The number of hydrogen-bond acceptors (Lipinski definition) is 1. The Labute approximate surface area is 42.3 Å². The van der Waals surface area contributed by atoms with Crippen molar-refractivity contribution in [1.29, 1.82) is 0 Å². The lowest BCUT2D eigenvalue weighted by atomic mass is 10.8. The van der Waals surface area contributed by atoms with E-state index in [0.717, 1.165) is 6.92 Å². The molecule has 0 aliphatic carbocycles. The van der Waals surface area contributed by atoms with E-state index in [1.54, 1.807) is 0 Å². The molecule has 0 saturated heterocycles. The van der Waals surface area contributed by atoms with Gasteiger partial charge in [-0.25, -0.2) is 0 Å². The monoisotopic (exact) mass is 160 g/mol. The van der Waals surface area contributed by atoms with Gasteiger partial charge in [0.15, 0.2) is 0 Å². The van der Waals surface area contributed by atoms with Gasteiger partial charge >= 0.3 is 0 Å². The smallest absolute Gasteiger partial charge is 0.196 e. The highest BCUT2D eigenvalue weighted by molar-refractivity contribution is 9.09. The Bertz CT molecular complexity index is 41.3. The van der Waals surface area contributed by atoms with E-state index in [-0.39, 0.29) is 0 Å². The molecule has 4 heteroatoms. The van der Waals surface area contributed by atoms with E-state index in [9.17, 15) is 8.92 Å². The zero-order chi connectivity index (χ0) is 5.21. The Morgan fingerprint density at radius 1 is 1.83 bits per heavy atom. The first-order valence-electron chi connectivity index (χ1n) is 1.24. The molecule has 0 aliphatic heterocycles. The van der Waals surface area contributed by atoms with Gasteiger partial charge in [-0.15, -0.1) is 4.94 Å². The second kappa shape index (κ2) is 1.84. The maximum Gasteiger partial charge on any atom is 0.296 e. The lowest BCUT2D eigenvalue weighted by molar-refractivity contribution is -0.233. The van der Waals surface area contributed by atoms with E-state index in [4.69, 9.17) is 0 Å². The number of hydrogen-bond donors (Lipinski definition) is 0. The van der Waals surface area contributed by atoms with Crippen molar-refractivity contribution in [2.24, 2.45) is 0 Å². The maximum absolute atomic E-state index is 11.4. The Morgan fingerprint density at radius 3 is 2.00 bits per heavy atom. The molecule has 0 aromatic rings. The molecule has 1 unspecified atom stereocenters. The summed E-state index contributed by atoms with van der Waals surface area (Å²) in [7, 11) is 0. The lowest BCUT2D eigenvalue weighted by Gasteiger charge is -2.00. The minimum Gasteiger partial charge on any atom is -0.196 e. The van der Waals surface area contributed by atoms with E-state index in [1.165, 1.54) is 0 Å². The van der Waals surface area contributed by atoms with Crippen LogP contribution in [0.1, 0.15) is 6.92 Å². The van der Waals surface area contributed by atoms with Gasteiger partial charge in [0.2, 0.25) is 0 Å². The SMILES string of the molecule is CC(F)(Br)OF. The summed E-state index contributed by atoms with van der Waals surface area (Å²) >= 11 is 2.21. The zero-order valence-electron chi connectivity index (χ0n) is 3.04. The molecule has 0 aromatic carbocycles. The fourth-order valence-electron chi connectivity index (χ4n) is 0. The maximum atomic E-state index is 11.4. The summed E-state index contributed by atoms with van der Waals surface area (Å²) in [4.78, 5) is 2.69. The Balaban J connectivity index is 3.17. The summed E-state index contributed by atoms with van der Waals surface area (Å²) in [5, 5.41) is 0. The molecule has 0 fully saturated rings. The highest BCUT2D eigenvalue weighted by Gasteiger charge is 2.18. The third kappa shape index (κ3) is 4.30. The molecule has 0 aromatic heterocycles. The van der Waals surface area contributed by atoms with Crippen molar-refractivity contribution in [3.8, 4) is 0 Å². The first-order valence-corrected chi connectivity index (χ1v) is 2.03.